The molecule has 1 N–H and O–H groups in total. The highest BCUT2D eigenvalue weighted by Gasteiger charge is 2.34. The van der Waals surface area contributed by atoms with Gasteiger partial charge in [-0.1, -0.05) is 37.1 Å². The van der Waals surface area contributed by atoms with Crippen LogP contribution in [0, 0.1) is 0 Å². The van der Waals surface area contributed by atoms with Gasteiger partial charge < -0.3 is 9.84 Å². The largest absolute Gasteiger partial charge is 0.478 e. The molecule has 0 unspecified atom stereocenters. The van der Waals surface area contributed by atoms with Gasteiger partial charge in [-0.2, -0.15) is 8.78 Å². The molecule has 0 heterocycles. The minimum atomic E-state index is -3.51. The van der Waals surface area contributed by atoms with E-state index in [9.17, 15) is 18.0 Å². The van der Waals surface area contributed by atoms with Crippen LogP contribution < -0.4 is 4.74 Å². The highest BCUT2D eigenvalue weighted by molar-refractivity contribution is 5.85. The monoisotopic (exact) mass is 392 g/mol. The molecule has 2 aromatic rings. The number of alkyl halides is 3. The van der Waals surface area contributed by atoms with Crippen molar-refractivity contribution in [2.24, 2.45) is 0 Å². The molecule has 0 aromatic heterocycles. The summed E-state index contributed by atoms with van der Waals surface area (Å²) in [6.45, 7) is -0.290. The Hall–Kier alpha value is -2.76. The molecular formula is C22H23F3O3. The molecule has 0 saturated heterocycles. The molecule has 0 saturated carbocycles. The second-order valence-corrected chi connectivity index (χ2v) is 6.41. The van der Waals surface area contributed by atoms with E-state index in [4.69, 9.17) is 9.84 Å². The van der Waals surface area contributed by atoms with Crippen LogP contribution in [-0.4, -0.2) is 17.8 Å². The van der Waals surface area contributed by atoms with Crippen LogP contribution in [0.25, 0.3) is 6.08 Å². The summed E-state index contributed by atoms with van der Waals surface area (Å²) in [5.74, 6) is -1.05. The number of carboxylic acid groups (broad SMARTS) is 1. The minimum Gasteiger partial charge on any atom is -0.478 e. The van der Waals surface area contributed by atoms with E-state index in [0.29, 0.717) is 12.0 Å². The van der Waals surface area contributed by atoms with Gasteiger partial charge in [-0.15, -0.1) is 0 Å². The van der Waals surface area contributed by atoms with Crippen LogP contribution in [0.15, 0.2) is 54.6 Å². The molecule has 0 aliphatic carbocycles. The molecule has 0 aliphatic rings. The maximum Gasteiger partial charge on any atom is 0.426 e. The number of ether oxygens (including phenoxy) is 1. The highest BCUT2D eigenvalue weighted by atomic mass is 19.3. The number of hydrogen-bond donors (Lipinski definition) is 1. The Balaban J connectivity index is 1.93. The minimum absolute atomic E-state index is 0.0565. The Bertz CT molecular complexity index is 769. The smallest absolute Gasteiger partial charge is 0.426 e. The molecule has 6 heteroatoms. The van der Waals surface area contributed by atoms with Crippen LogP contribution >= 0.6 is 0 Å². The molecule has 0 aliphatic heterocycles. The molecule has 0 radical (unpaired) electrons. The third kappa shape index (κ3) is 7.10. The standard InChI is InChI=1S/C22H23F3O3/c23-16-4-2-1-3-5-17-8-13-20(14-9-17)28-22(24,25)19-11-6-18(7-12-19)10-15-21(26)27/h6-15H,1-5,16H2,(H,26,27). The molecule has 0 bridgehead atoms. The molecule has 0 fully saturated rings. The SMILES string of the molecule is O=C(O)C=Cc1ccc(C(F)(F)Oc2ccc(CCCCCCF)cc2)cc1. The fourth-order valence-corrected chi connectivity index (χ4v) is 2.66. The predicted octanol–water partition coefficient (Wildman–Crippen LogP) is 5.99. The number of unbranched alkanes of at least 4 members (excludes halogenated alkanes) is 3. The number of aryl methyl sites for hydroxylation is 1. The number of carbonyl (C=O) groups is 1. The van der Waals surface area contributed by atoms with Gasteiger partial charge >= 0.3 is 12.1 Å². The van der Waals surface area contributed by atoms with Gasteiger partial charge in [0, 0.05) is 6.08 Å². The van der Waals surface area contributed by atoms with E-state index in [1.807, 2.05) is 0 Å². The lowest BCUT2D eigenvalue weighted by atomic mass is 10.1. The summed E-state index contributed by atoms with van der Waals surface area (Å²) >= 11 is 0. The average Bonchev–Trinajstić information content (AvgIpc) is 2.67. The number of hydrogen-bond acceptors (Lipinski definition) is 2. The third-order valence-corrected chi connectivity index (χ3v) is 4.18. The van der Waals surface area contributed by atoms with Gasteiger partial charge in [0.05, 0.1) is 12.2 Å². The van der Waals surface area contributed by atoms with Crippen molar-refractivity contribution in [1.29, 1.82) is 0 Å². The molecular weight excluding hydrogens is 369 g/mol. The first-order chi connectivity index (χ1) is 13.4. The first kappa shape index (κ1) is 21.5. The summed E-state index contributed by atoms with van der Waals surface area (Å²) in [6, 6.07) is 11.7. The molecule has 150 valence electrons. The van der Waals surface area contributed by atoms with E-state index in [1.165, 1.54) is 42.5 Å². The summed E-state index contributed by atoms with van der Waals surface area (Å²) in [5, 5.41) is 8.58. The van der Waals surface area contributed by atoms with Gasteiger partial charge in [0.1, 0.15) is 5.75 Å². The quantitative estimate of drug-likeness (QED) is 0.378. The van der Waals surface area contributed by atoms with Crippen LogP contribution in [0.1, 0.15) is 42.4 Å². The first-order valence-electron chi connectivity index (χ1n) is 9.14. The van der Waals surface area contributed by atoms with Crippen molar-refractivity contribution in [3.05, 3.63) is 71.3 Å². The Morgan fingerprint density at radius 2 is 1.61 bits per heavy atom. The second kappa shape index (κ2) is 10.5. The molecule has 28 heavy (non-hydrogen) atoms. The fraction of sp³-hybridized carbons (Fsp3) is 0.318. The number of halogens is 3. The maximum atomic E-state index is 14.3. The van der Waals surface area contributed by atoms with E-state index in [0.717, 1.165) is 37.3 Å². The van der Waals surface area contributed by atoms with Crippen LogP contribution in [-0.2, 0) is 17.3 Å². The lowest BCUT2D eigenvalue weighted by molar-refractivity contribution is -0.185. The normalized spacial score (nSPS) is 11.7. The number of rotatable bonds is 11. The third-order valence-electron chi connectivity index (χ3n) is 4.18. The molecule has 2 aromatic carbocycles. The summed E-state index contributed by atoms with van der Waals surface area (Å²) < 4.78 is 45.6. The van der Waals surface area contributed by atoms with E-state index >= 15 is 0 Å². The van der Waals surface area contributed by atoms with Gasteiger partial charge in [-0.3, -0.25) is 4.39 Å². The van der Waals surface area contributed by atoms with Crippen molar-refractivity contribution < 1.29 is 27.8 Å². The van der Waals surface area contributed by atoms with Crippen molar-refractivity contribution in [2.45, 2.75) is 38.2 Å². The first-order valence-corrected chi connectivity index (χ1v) is 9.14. The van der Waals surface area contributed by atoms with Crippen LogP contribution in [0.3, 0.4) is 0 Å². The average molecular weight is 392 g/mol. The van der Waals surface area contributed by atoms with Crippen LogP contribution in [0.5, 0.6) is 5.75 Å². The Kier molecular flexibility index (Phi) is 8.11. The number of aliphatic carboxylic acids is 1. The highest BCUT2D eigenvalue weighted by Crippen LogP contribution is 2.32. The van der Waals surface area contributed by atoms with Crippen molar-refractivity contribution in [3.63, 3.8) is 0 Å². The zero-order valence-electron chi connectivity index (χ0n) is 15.4. The molecule has 0 atom stereocenters. The Labute approximate surface area is 162 Å². The topological polar surface area (TPSA) is 46.5 Å². The zero-order valence-corrected chi connectivity index (χ0v) is 15.4. The summed E-state index contributed by atoms with van der Waals surface area (Å²) in [4.78, 5) is 10.5. The van der Waals surface area contributed by atoms with Crippen molar-refractivity contribution in [3.8, 4) is 5.75 Å². The maximum absolute atomic E-state index is 14.3. The summed E-state index contributed by atoms with van der Waals surface area (Å²) in [5.41, 5.74) is 1.19. The van der Waals surface area contributed by atoms with E-state index in [2.05, 4.69) is 0 Å². The van der Waals surface area contributed by atoms with E-state index in [-0.39, 0.29) is 18.0 Å². The molecule has 2 rings (SSSR count). The number of benzene rings is 2. The van der Waals surface area contributed by atoms with Crippen molar-refractivity contribution >= 4 is 12.0 Å². The summed E-state index contributed by atoms with van der Waals surface area (Å²) in [6.07, 6.45) is 2.87. The van der Waals surface area contributed by atoms with Crippen LogP contribution in [0.4, 0.5) is 13.2 Å². The lowest BCUT2D eigenvalue weighted by Crippen LogP contribution is -2.21. The lowest BCUT2D eigenvalue weighted by Gasteiger charge is -2.18. The second-order valence-electron chi connectivity index (χ2n) is 6.41. The Morgan fingerprint density at radius 1 is 0.964 bits per heavy atom. The van der Waals surface area contributed by atoms with Crippen molar-refractivity contribution in [1.82, 2.24) is 0 Å². The van der Waals surface area contributed by atoms with Gasteiger partial charge in [0.25, 0.3) is 0 Å². The summed E-state index contributed by atoms with van der Waals surface area (Å²) in [7, 11) is 0. The van der Waals surface area contributed by atoms with E-state index < -0.39 is 12.1 Å². The van der Waals surface area contributed by atoms with Gasteiger partial charge in [-0.05, 0) is 60.7 Å². The predicted molar refractivity (Wildman–Crippen MR) is 102 cm³/mol. The van der Waals surface area contributed by atoms with Gasteiger partial charge in [-0.25, -0.2) is 4.79 Å². The zero-order chi connectivity index (χ0) is 20.4. The fourth-order valence-electron chi connectivity index (χ4n) is 2.66. The van der Waals surface area contributed by atoms with Gasteiger partial charge in [0.15, 0.2) is 0 Å². The molecule has 0 spiro atoms. The van der Waals surface area contributed by atoms with Gasteiger partial charge in [0.2, 0.25) is 0 Å². The Morgan fingerprint density at radius 3 is 2.21 bits per heavy atom. The number of carboxylic acids is 1. The van der Waals surface area contributed by atoms with E-state index in [1.54, 1.807) is 12.1 Å². The van der Waals surface area contributed by atoms with Crippen LogP contribution in [0.2, 0.25) is 0 Å². The molecule has 0 amide bonds. The van der Waals surface area contributed by atoms with Crippen molar-refractivity contribution in [2.75, 3.05) is 6.67 Å². The molecule has 3 nitrogen and oxygen atoms in total.